The van der Waals surface area contributed by atoms with Crippen LogP contribution in [0.1, 0.15) is 26.2 Å². The van der Waals surface area contributed by atoms with Gasteiger partial charge in [-0.3, -0.25) is 10.1 Å². The molecule has 0 aromatic carbocycles. The first-order valence-electron chi connectivity index (χ1n) is 6.32. The first kappa shape index (κ1) is 11.7. The number of H-pyrrole nitrogens is 1. The summed E-state index contributed by atoms with van der Waals surface area (Å²) in [6.45, 7) is 2.32. The fourth-order valence-electron chi connectivity index (χ4n) is 2.33. The van der Waals surface area contributed by atoms with Gasteiger partial charge in [0.1, 0.15) is 5.69 Å². The fraction of sp³-hybridized carbons (Fsp3) is 0.462. The molecule has 94 valence electrons. The lowest BCUT2D eigenvalue weighted by molar-refractivity contribution is 0.613. The molecule has 0 bridgehead atoms. The van der Waals surface area contributed by atoms with Crippen molar-refractivity contribution in [2.24, 2.45) is 5.92 Å². The maximum Gasteiger partial charge on any atom is 0.209 e. The lowest BCUT2D eigenvalue weighted by Crippen LogP contribution is -1.96. The summed E-state index contributed by atoms with van der Waals surface area (Å²) in [4.78, 5) is 8.77. The quantitative estimate of drug-likeness (QED) is 0.921. The Kier molecular flexibility index (Phi) is 3.32. The average Bonchev–Trinajstić information content (AvgIpc) is 3.01. The standard InChI is InChI=1S/C13H16N4S/c1-9-5-6-10(8-9)18-13-15-12(16-17-13)11-4-2-3-7-14-11/h2-4,7,9-10H,5-6,8H2,1H3,(H,15,16,17)/t9-,10-/m1/s1. The van der Waals surface area contributed by atoms with Crippen LogP contribution < -0.4 is 0 Å². The molecule has 2 atom stereocenters. The third-order valence-corrected chi connectivity index (χ3v) is 4.45. The number of hydrogen-bond acceptors (Lipinski definition) is 4. The van der Waals surface area contributed by atoms with E-state index in [1.54, 1.807) is 18.0 Å². The average molecular weight is 260 g/mol. The monoisotopic (exact) mass is 260 g/mol. The van der Waals surface area contributed by atoms with Crippen molar-refractivity contribution in [3.8, 4) is 11.5 Å². The minimum Gasteiger partial charge on any atom is -0.257 e. The Morgan fingerprint density at radius 3 is 3.00 bits per heavy atom. The second-order valence-electron chi connectivity index (χ2n) is 4.84. The molecule has 1 aliphatic carbocycles. The number of nitrogens with zero attached hydrogens (tertiary/aromatic N) is 3. The highest BCUT2D eigenvalue weighted by Gasteiger charge is 2.23. The molecule has 0 radical (unpaired) electrons. The minimum atomic E-state index is 0.674. The maximum atomic E-state index is 4.50. The van der Waals surface area contributed by atoms with Crippen molar-refractivity contribution in [2.45, 2.75) is 36.6 Å². The topological polar surface area (TPSA) is 54.5 Å². The molecule has 4 nitrogen and oxygen atoms in total. The van der Waals surface area contributed by atoms with Crippen molar-refractivity contribution in [2.75, 3.05) is 0 Å². The van der Waals surface area contributed by atoms with Crippen LogP contribution in [0.4, 0.5) is 0 Å². The van der Waals surface area contributed by atoms with E-state index in [-0.39, 0.29) is 0 Å². The smallest absolute Gasteiger partial charge is 0.209 e. The summed E-state index contributed by atoms with van der Waals surface area (Å²) >= 11 is 1.79. The van der Waals surface area contributed by atoms with Crippen LogP contribution in [0, 0.1) is 5.92 Å². The Bertz CT molecular complexity index is 511. The molecule has 1 N–H and O–H groups in total. The lowest BCUT2D eigenvalue weighted by Gasteiger charge is -2.04. The molecule has 5 heteroatoms. The van der Waals surface area contributed by atoms with Crippen LogP contribution in [0.2, 0.25) is 0 Å². The van der Waals surface area contributed by atoms with Crippen LogP contribution in [0.25, 0.3) is 11.5 Å². The molecule has 0 amide bonds. The van der Waals surface area contributed by atoms with Crippen molar-refractivity contribution in [1.82, 2.24) is 20.2 Å². The maximum absolute atomic E-state index is 4.50. The Labute approximate surface area is 111 Å². The van der Waals surface area contributed by atoms with Crippen molar-refractivity contribution >= 4 is 11.8 Å². The predicted octanol–water partition coefficient (Wildman–Crippen LogP) is 3.15. The molecule has 18 heavy (non-hydrogen) atoms. The highest BCUT2D eigenvalue weighted by Crippen LogP contribution is 2.36. The van der Waals surface area contributed by atoms with Gasteiger partial charge in [0.25, 0.3) is 0 Å². The molecular formula is C13H16N4S. The van der Waals surface area contributed by atoms with Gasteiger partial charge in [-0.05, 0) is 37.3 Å². The first-order chi connectivity index (χ1) is 8.81. The molecule has 3 rings (SSSR count). The van der Waals surface area contributed by atoms with Crippen LogP contribution in [0.5, 0.6) is 0 Å². The number of rotatable bonds is 3. The predicted molar refractivity (Wildman–Crippen MR) is 72.3 cm³/mol. The van der Waals surface area contributed by atoms with Crippen molar-refractivity contribution in [3.05, 3.63) is 24.4 Å². The summed E-state index contributed by atoms with van der Waals surface area (Å²) in [7, 11) is 0. The Morgan fingerprint density at radius 2 is 2.28 bits per heavy atom. The van der Waals surface area contributed by atoms with Crippen LogP contribution in [0.3, 0.4) is 0 Å². The minimum absolute atomic E-state index is 0.674. The third-order valence-electron chi connectivity index (χ3n) is 3.29. The highest BCUT2D eigenvalue weighted by molar-refractivity contribution is 7.99. The van der Waals surface area contributed by atoms with E-state index in [2.05, 4.69) is 27.1 Å². The van der Waals surface area contributed by atoms with Crippen LogP contribution in [0.15, 0.2) is 29.6 Å². The summed E-state index contributed by atoms with van der Waals surface area (Å²) in [5.41, 5.74) is 0.844. The van der Waals surface area contributed by atoms with Gasteiger partial charge in [0.15, 0.2) is 5.82 Å². The normalized spacial score (nSPS) is 23.4. The van der Waals surface area contributed by atoms with Gasteiger partial charge in [0.2, 0.25) is 5.16 Å². The second-order valence-corrected chi connectivity index (χ2v) is 6.11. The number of hydrogen-bond donors (Lipinski definition) is 1. The summed E-state index contributed by atoms with van der Waals surface area (Å²) in [6, 6.07) is 5.79. The second kappa shape index (κ2) is 5.10. The van der Waals surface area contributed by atoms with Crippen molar-refractivity contribution in [3.63, 3.8) is 0 Å². The van der Waals surface area contributed by atoms with E-state index in [0.717, 1.165) is 22.6 Å². The molecular weight excluding hydrogens is 244 g/mol. The molecule has 1 saturated carbocycles. The van der Waals surface area contributed by atoms with E-state index < -0.39 is 0 Å². The number of aromatic nitrogens is 4. The van der Waals surface area contributed by atoms with Crippen molar-refractivity contribution in [1.29, 1.82) is 0 Å². The zero-order valence-corrected chi connectivity index (χ0v) is 11.2. The Morgan fingerprint density at radius 1 is 1.33 bits per heavy atom. The van der Waals surface area contributed by atoms with E-state index in [4.69, 9.17) is 0 Å². The highest BCUT2D eigenvalue weighted by atomic mass is 32.2. The van der Waals surface area contributed by atoms with Gasteiger partial charge in [0, 0.05) is 11.4 Å². The molecule has 2 heterocycles. The number of thioether (sulfide) groups is 1. The van der Waals surface area contributed by atoms with Gasteiger partial charge in [-0.15, -0.1) is 5.10 Å². The summed E-state index contributed by atoms with van der Waals surface area (Å²) < 4.78 is 0. The van der Waals surface area contributed by atoms with Gasteiger partial charge in [-0.25, -0.2) is 0 Å². The van der Waals surface area contributed by atoms with Gasteiger partial charge in [-0.2, -0.15) is 4.98 Å². The third kappa shape index (κ3) is 2.56. The SMILES string of the molecule is C[C@@H]1CC[C@@H](Sc2n[nH]c(-c3ccccn3)n2)C1. The zero-order chi connectivity index (χ0) is 12.4. The molecule has 1 aliphatic rings. The van der Waals surface area contributed by atoms with Gasteiger partial charge >= 0.3 is 0 Å². The number of aromatic amines is 1. The lowest BCUT2D eigenvalue weighted by atomic mass is 10.1. The van der Waals surface area contributed by atoms with Gasteiger partial charge in [-0.1, -0.05) is 24.8 Å². The summed E-state index contributed by atoms with van der Waals surface area (Å²) in [5.74, 6) is 1.60. The summed E-state index contributed by atoms with van der Waals surface area (Å²) in [6.07, 6.45) is 5.65. The molecule has 2 aromatic rings. The molecule has 0 unspecified atom stereocenters. The first-order valence-corrected chi connectivity index (χ1v) is 7.19. The molecule has 0 aliphatic heterocycles. The van der Waals surface area contributed by atoms with E-state index in [1.165, 1.54) is 19.3 Å². The van der Waals surface area contributed by atoms with E-state index in [1.807, 2.05) is 18.2 Å². The zero-order valence-electron chi connectivity index (χ0n) is 10.3. The number of nitrogens with one attached hydrogen (secondary N) is 1. The molecule has 1 fully saturated rings. The largest absolute Gasteiger partial charge is 0.257 e. The van der Waals surface area contributed by atoms with Gasteiger partial charge in [0.05, 0.1) is 0 Å². The van der Waals surface area contributed by atoms with E-state index in [9.17, 15) is 0 Å². The molecule has 0 spiro atoms. The van der Waals surface area contributed by atoms with Crippen LogP contribution in [-0.2, 0) is 0 Å². The van der Waals surface area contributed by atoms with E-state index >= 15 is 0 Å². The fourth-order valence-corrected chi connectivity index (χ4v) is 3.55. The molecule has 2 aromatic heterocycles. The van der Waals surface area contributed by atoms with E-state index in [0.29, 0.717) is 5.25 Å². The molecule has 0 saturated heterocycles. The van der Waals surface area contributed by atoms with Gasteiger partial charge < -0.3 is 0 Å². The summed E-state index contributed by atoms with van der Waals surface area (Å²) in [5, 5.41) is 8.75. The Hall–Kier alpha value is -1.36. The van der Waals surface area contributed by atoms with Crippen LogP contribution >= 0.6 is 11.8 Å². The van der Waals surface area contributed by atoms with Crippen molar-refractivity contribution < 1.29 is 0 Å². The van der Waals surface area contributed by atoms with Crippen LogP contribution in [-0.4, -0.2) is 25.4 Å². The Balaban J connectivity index is 1.70. The number of pyridine rings is 1.